The van der Waals surface area contributed by atoms with E-state index < -0.39 is 16.9 Å². The summed E-state index contributed by atoms with van der Waals surface area (Å²) in [4.78, 5) is 7.74. The van der Waals surface area contributed by atoms with Crippen molar-refractivity contribution in [2.24, 2.45) is 9.98 Å². The Kier molecular flexibility index (Phi) is 5.85. The van der Waals surface area contributed by atoms with Crippen LogP contribution in [0.15, 0.2) is 34.3 Å². The molecular weight excluding hydrogens is 300 g/mol. The van der Waals surface area contributed by atoms with Crippen LogP contribution >= 0.6 is 11.6 Å². The number of halogens is 1. The van der Waals surface area contributed by atoms with E-state index in [-0.39, 0.29) is 12.4 Å². The first-order chi connectivity index (χ1) is 9.65. The highest BCUT2D eigenvalue weighted by atomic mass is 35.5. The number of benzene rings is 1. The molecule has 0 fully saturated rings. The molecule has 0 amide bonds. The van der Waals surface area contributed by atoms with Crippen molar-refractivity contribution in [2.75, 3.05) is 18.9 Å². The topological polar surface area (TPSA) is 71.2 Å². The van der Waals surface area contributed by atoms with Gasteiger partial charge in [0.25, 0.3) is 0 Å². The van der Waals surface area contributed by atoms with Crippen LogP contribution in [0.4, 0.5) is 0 Å². The molecule has 108 valence electrons. The van der Waals surface area contributed by atoms with Crippen LogP contribution in [0.5, 0.6) is 0 Å². The number of aliphatic imine (C=N–C) groups is 2. The molecule has 7 heteroatoms. The number of ether oxygens (including phenoxy) is 1. The number of hydrogen-bond acceptors (Lipinski definition) is 5. The first-order valence-corrected chi connectivity index (χ1v) is 7.78. The van der Waals surface area contributed by atoms with Crippen LogP contribution in [0.1, 0.15) is 5.56 Å². The fourth-order valence-corrected chi connectivity index (χ4v) is 2.76. The molecule has 0 saturated heterocycles. The second-order valence-corrected chi connectivity index (χ2v) is 6.22. The molecule has 2 rings (SSSR count). The summed E-state index contributed by atoms with van der Waals surface area (Å²) in [6.07, 6.45) is 0.600. The third kappa shape index (κ3) is 4.79. The summed E-state index contributed by atoms with van der Waals surface area (Å²) in [7, 11) is -1.30. The molecule has 1 heterocycles. The third-order valence-electron chi connectivity index (χ3n) is 2.61. The lowest BCUT2D eigenvalue weighted by Gasteiger charge is -2.11. The Labute approximate surface area is 124 Å². The van der Waals surface area contributed by atoms with Crippen LogP contribution in [-0.2, 0) is 22.1 Å². The average molecular weight is 315 g/mol. The van der Waals surface area contributed by atoms with Gasteiger partial charge in [0.2, 0.25) is 0 Å². The summed E-state index contributed by atoms with van der Waals surface area (Å²) in [6.45, 7) is 0.860. The van der Waals surface area contributed by atoms with E-state index in [9.17, 15) is 9.32 Å². The fraction of sp³-hybridized carbons (Fsp3) is 0.385. The van der Waals surface area contributed by atoms with Crippen molar-refractivity contribution in [1.82, 2.24) is 0 Å². The van der Waals surface area contributed by atoms with Crippen LogP contribution in [-0.4, -0.2) is 45.7 Å². The van der Waals surface area contributed by atoms with E-state index in [4.69, 9.17) is 16.3 Å². The standard InChI is InChI=1S/C13H15ClN2O3S/c14-11-3-1-10(2-4-11)6-19-7-12(17)8-20(18)13-5-15-9-16-13/h1-4,9,12,17H,5-8H2/t12-,20?/m1/s1. The number of nitrogens with zero attached hydrogens (tertiary/aromatic N) is 2. The van der Waals surface area contributed by atoms with Crippen molar-refractivity contribution < 1.29 is 14.1 Å². The van der Waals surface area contributed by atoms with Gasteiger partial charge in [0.1, 0.15) is 11.4 Å². The highest BCUT2D eigenvalue weighted by Crippen LogP contribution is 2.10. The molecule has 1 unspecified atom stereocenters. The minimum absolute atomic E-state index is 0.114. The van der Waals surface area contributed by atoms with Crippen LogP contribution in [0, 0.1) is 0 Å². The summed E-state index contributed by atoms with van der Waals surface area (Å²) in [5.74, 6) is 0.114. The minimum atomic E-state index is -1.30. The van der Waals surface area contributed by atoms with Gasteiger partial charge in [-0.15, -0.1) is 0 Å². The van der Waals surface area contributed by atoms with Gasteiger partial charge >= 0.3 is 0 Å². The number of rotatable bonds is 6. The Bertz CT molecular complexity index is 531. The zero-order chi connectivity index (χ0) is 14.4. The molecule has 1 aromatic rings. The molecule has 0 aliphatic carbocycles. The maximum absolute atomic E-state index is 11.8. The van der Waals surface area contributed by atoms with Gasteiger partial charge in [-0.3, -0.25) is 9.20 Å². The van der Waals surface area contributed by atoms with E-state index in [2.05, 4.69) is 9.98 Å². The van der Waals surface area contributed by atoms with Gasteiger partial charge in [0, 0.05) is 5.02 Å². The molecular formula is C13H15ClN2O3S. The van der Waals surface area contributed by atoms with Crippen molar-refractivity contribution in [3.8, 4) is 0 Å². The van der Waals surface area contributed by atoms with Gasteiger partial charge in [-0.1, -0.05) is 23.7 Å². The quantitative estimate of drug-likeness (QED) is 0.863. The van der Waals surface area contributed by atoms with Crippen LogP contribution in [0.2, 0.25) is 5.02 Å². The molecule has 1 N–H and O–H groups in total. The van der Waals surface area contributed by atoms with E-state index in [1.807, 2.05) is 12.1 Å². The van der Waals surface area contributed by atoms with Gasteiger partial charge in [-0.05, 0) is 17.7 Å². The molecule has 2 atom stereocenters. The summed E-state index contributed by atoms with van der Waals surface area (Å²) < 4.78 is 17.2. The summed E-state index contributed by atoms with van der Waals surface area (Å²) in [6, 6.07) is 7.28. The van der Waals surface area contributed by atoms with E-state index in [1.54, 1.807) is 12.1 Å². The Morgan fingerprint density at radius 2 is 2.15 bits per heavy atom. The monoisotopic (exact) mass is 314 g/mol. The molecule has 1 aliphatic heterocycles. The lowest BCUT2D eigenvalue weighted by atomic mass is 10.2. The minimum Gasteiger partial charge on any atom is -0.390 e. The molecule has 1 aliphatic rings. The summed E-state index contributed by atoms with van der Waals surface area (Å²) >= 11 is 5.78. The van der Waals surface area contributed by atoms with E-state index in [0.29, 0.717) is 23.2 Å². The highest BCUT2D eigenvalue weighted by Gasteiger charge is 2.16. The smallest absolute Gasteiger partial charge is 0.127 e. The normalized spacial score (nSPS) is 17.0. The lowest BCUT2D eigenvalue weighted by Crippen LogP contribution is -2.26. The molecule has 0 radical (unpaired) electrons. The van der Waals surface area contributed by atoms with Gasteiger partial charge in [-0.2, -0.15) is 0 Å². The van der Waals surface area contributed by atoms with E-state index in [0.717, 1.165) is 5.56 Å². The summed E-state index contributed by atoms with van der Waals surface area (Å²) in [5, 5.41) is 10.9. The van der Waals surface area contributed by atoms with Crippen molar-refractivity contribution in [1.29, 1.82) is 0 Å². The molecule has 5 nitrogen and oxygen atoms in total. The van der Waals surface area contributed by atoms with Gasteiger partial charge in [0.15, 0.2) is 0 Å². The Hall–Kier alpha value is -1.08. The molecule has 0 aromatic heterocycles. The molecule has 0 spiro atoms. The van der Waals surface area contributed by atoms with E-state index >= 15 is 0 Å². The first kappa shape index (κ1) is 15.3. The second kappa shape index (κ2) is 7.64. The van der Waals surface area contributed by atoms with Crippen molar-refractivity contribution in [2.45, 2.75) is 12.7 Å². The Morgan fingerprint density at radius 3 is 2.80 bits per heavy atom. The molecule has 0 bridgehead atoms. The second-order valence-electron chi connectivity index (χ2n) is 4.29. The largest absolute Gasteiger partial charge is 0.390 e. The van der Waals surface area contributed by atoms with Gasteiger partial charge in [0.05, 0.1) is 42.4 Å². The zero-order valence-electron chi connectivity index (χ0n) is 10.7. The Balaban J connectivity index is 1.68. The van der Waals surface area contributed by atoms with E-state index in [1.165, 1.54) is 6.34 Å². The molecule has 1 aromatic carbocycles. The maximum Gasteiger partial charge on any atom is 0.127 e. The predicted molar refractivity (Wildman–Crippen MR) is 80.9 cm³/mol. The molecule has 20 heavy (non-hydrogen) atoms. The van der Waals surface area contributed by atoms with Crippen LogP contribution in [0.25, 0.3) is 0 Å². The first-order valence-electron chi connectivity index (χ1n) is 6.09. The number of hydrogen-bond donors (Lipinski definition) is 1. The van der Waals surface area contributed by atoms with Crippen LogP contribution < -0.4 is 0 Å². The molecule has 0 saturated carbocycles. The van der Waals surface area contributed by atoms with Crippen molar-refractivity contribution in [3.63, 3.8) is 0 Å². The van der Waals surface area contributed by atoms with Gasteiger partial charge in [-0.25, -0.2) is 4.99 Å². The lowest BCUT2D eigenvalue weighted by molar-refractivity contribution is 0.0395. The third-order valence-corrected chi connectivity index (χ3v) is 4.31. The van der Waals surface area contributed by atoms with Gasteiger partial charge < -0.3 is 9.84 Å². The predicted octanol–water partition coefficient (Wildman–Crippen LogP) is 1.41. The maximum atomic E-state index is 11.8. The van der Waals surface area contributed by atoms with Crippen molar-refractivity contribution in [3.05, 3.63) is 34.9 Å². The number of aliphatic hydroxyl groups excluding tert-OH is 1. The zero-order valence-corrected chi connectivity index (χ0v) is 12.3. The highest BCUT2D eigenvalue weighted by molar-refractivity contribution is 8.00. The van der Waals surface area contributed by atoms with Crippen molar-refractivity contribution >= 4 is 33.8 Å². The Morgan fingerprint density at radius 1 is 1.40 bits per heavy atom. The average Bonchev–Trinajstić information content (AvgIpc) is 2.95. The SMILES string of the molecule is O=S(C[C@H](O)COCc1ccc(Cl)cc1)C1=NC=NC1. The summed E-state index contributed by atoms with van der Waals surface area (Å²) in [5.41, 5.74) is 0.969. The fourth-order valence-electron chi connectivity index (χ4n) is 1.61. The van der Waals surface area contributed by atoms with Crippen LogP contribution in [0.3, 0.4) is 0 Å². The number of aliphatic hydroxyl groups is 1.